The van der Waals surface area contributed by atoms with Gasteiger partial charge < -0.3 is 14.8 Å². The Morgan fingerprint density at radius 2 is 1.79 bits per heavy atom. The van der Waals surface area contributed by atoms with E-state index in [-0.39, 0.29) is 30.3 Å². The van der Waals surface area contributed by atoms with Gasteiger partial charge in [0.1, 0.15) is 0 Å². The highest BCUT2D eigenvalue weighted by Gasteiger charge is 2.32. The van der Waals surface area contributed by atoms with Gasteiger partial charge in [-0.1, -0.05) is 54.4 Å². The lowest BCUT2D eigenvalue weighted by Gasteiger charge is -2.35. The summed E-state index contributed by atoms with van der Waals surface area (Å²) >= 11 is 0. The minimum atomic E-state index is 0.0109. The van der Waals surface area contributed by atoms with Crippen LogP contribution in [0.1, 0.15) is 49.8 Å². The van der Waals surface area contributed by atoms with E-state index in [1.807, 2.05) is 37.1 Å². The molecule has 1 saturated carbocycles. The molecule has 1 aliphatic carbocycles. The first-order chi connectivity index (χ1) is 15.9. The second kappa shape index (κ2) is 10.2. The van der Waals surface area contributed by atoms with Crippen LogP contribution in [0.15, 0.2) is 54.7 Å². The molecule has 4 rings (SSSR count). The van der Waals surface area contributed by atoms with E-state index in [0.29, 0.717) is 13.1 Å². The Balaban J connectivity index is 1.51. The number of benzene rings is 2. The fourth-order valence-electron chi connectivity index (χ4n) is 4.45. The molecule has 0 bridgehead atoms. The summed E-state index contributed by atoms with van der Waals surface area (Å²) in [6.45, 7) is 7.37. The summed E-state index contributed by atoms with van der Waals surface area (Å²) in [6.07, 6.45) is 5.81. The van der Waals surface area contributed by atoms with E-state index in [4.69, 9.17) is 0 Å². The molecule has 5 nitrogen and oxygen atoms in total. The number of H-pyrrole nitrogens is 1. The van der Waals surface area contributed by atoms with E-state index >= 15 is 0 Å². The number of hydrogen-bond donors (Lipinski definition) is 1. The van der Waals surface area contributed by atoms with Crippen molar-refractivity contribution in [1.29, 1.82) is 0 Å². The molecule has 0 spiro atoms. The largest absolute Gasteiger partial charge is 0.361 e. The fourth-order valence-corrected chi connectivity index (χ4v) is 4.45. The van der Waals surface area contributed by atoms with Crippen LogP contribution >= 0.6 is 0 Å². The van der Waals surface area contributed by atoms with Crippen LogP contribution in [0, 0.1) is 12.8 Å². The van der Waals surface area contributed by atoms with Gasteiger partial charge in [0, 0.05) is 42.1 Å². The Morgan fingerprint density at radius 1 is 1.06 bits per heavy atom. The number of nitrogens with zero attached hydrogens (tertiary/aromatic N) is 2. The summed E-state index contributed by atoms with van der Waals surface area (Å²) in [5.41, 5.74) is 4.63. The van der Waals surface area contributed by atoms with Crippen molar-refractivity contribution in [2.45, 2.75) is 59.0 Å². The van der Waals surface area contributed by atoms with Crippen LogP contribution < -0.4 is 0 Å². The predicted molar refractivity (Wildman–Crippen MR) is 133 cm³/mol. The van der Waals surface area contributed by atoms with E-state index < -0.39 is 0 Å². The molecule has 0 aliphatic heterocycles. The minimum Gasteiger partial charge on any atom is -0.361 e. The normalized spacial score (nSPS) is 13.8. The van der Waals surface area contributed by atoms with Crippen LogP contribution in [0.2, 0.25) is 0 Å². The topological polar surface area (TPSA) is 56.4 Å². The first-order valence-corrected chi connectivity index (χ1v) is 12.1. The minimum absolute atomic E-state index is 0.0109. The van der Waals surface area contributed by atoms with Crippen LogP contribution in [0.5, 0.6) is 0 Å². The molecule has 0 atom stereocenters. The van der Waals surface area contributed by atoms with E-state index in [1.165, 1.54) is 16.5 Å². The highest BCUT2D eigenvalue weighted by atomic mass is 16.2. The smallest absolute Gasteiger partial charge is 0.242 e. The van der Waals surface area contributed by atoms with Gasteiger partial charge in [-0.2, -0.15) is 0 Å². The van der Waals surface area contributed by atoms with Crippen molar-refractivity contribution in [3.63, 3.8) is 0 Å². The van der Waals surface area contributed by atoms with Crippen molar-refractivity contribution < 1.29 is 9.59 Å². The molecule has 1 fully saturated rings. The number of carbonyl (C=O) groups excluding carboxylic acids is 2. The lowest BCUT2D eigenvalue weighted by atomic mass is 9.84. The summed E-state index contributed by atoms with van der Waals surface area (Å²) < 4.78 is 0. The van der Waals surface area contributed by atoms with E-state index in [9.17, 15) is 9.59 Å². The molecule has 1 heterocycles. The molecule has 1 aromatic heterocycles. The SMILES string of the molecule is Cc1ccc(CN(CCc2c[nH]c3ccccc23)C(=O)CN(C(=O)C2CCC2)C(C)C)cc1. The fraction of sp³-hybridized carbons (Fsp3) is 0.429. The first kappa shape index (κ1) is 23.1. The standard InChI is InChI=1S/C28H35N3O2/c1-20(2)31(28(33)23-7-6-8-23)19-27(32)30(18-22-13-11-21(3)12-14-22)16-15-24-17-29-26-10-5-4-9-25(24)26/h4-5,9-14,17,20,23,29H,6-8,15-16,18-19H2,1-3H3. The van der Waals surface area contributed by atoms with Crippen LogP contribution in [0.25, 0.3) is 10.9 Å². The number of fused-ring (bicyclic) bond motifs is 1. The molecular weight excluding hydrogens is 410 g/mol. The van der Waals surface area contributed by atoms with Crippen molar-refractivity contribution in [1.82, 2.24) is 14.8 Å². The Hall–Kier alpha value is -3.08. The number of carbonyl (C=O) groups is 2. The summed E-state index contributed by atoms with van der Waals surface area (Å²) in [6, 6.07) is 16.6. The van der Waals surface area contributed by atoms with Crippen LogP contribution in [-0.2, 0) is 22.6 Å². The van der Waals surface area contributed by atoms with Gasteiger partial charge in [-0.25, -0.2) is 0 Å². The van der Waals surface area contributed by atoms with Crippen LogP contribution in [0.4, 0.5) is 0 Å². The summed E-state index contributed by atoms with van der Waals surface area (Å²) in [5, 5.41) is 1.20. The lowest BCUT2D eigenvalue weighted by molar-refractivity contribution is -0.146. The number of aromatic amines is 1. The zero-order valence-electron chi connectivity index (χ0n) is 20.0. The van der Waals surface area contributed by atoms with Gasteiger partial charge in [0.05, 0.1) is 6.54 Å². The number of hydrogen-bond acceptors (Lipinski definition) is 2. The number of para-hydroxylation sites is 1. The Bertz CT molecular complexity index is 1100. The monoisotopic (exact) mass is 445 g/mol. The summed E-state index contributed by atoms with van der Waals surface area (Å²) in [5.74, 6) is 0.241. The van der Waals surface area contributed by atoms with Gasteiger partial charge in [-0.15, -0.1) is 0 Å². The van der Waals surface area contributed by atoms with Crippen molar-refractivity contribution in [2.24, 2.45) is 5.92 Å². The van der Waals surface area contributed by atoms with Crippen LogP contribution in [0.3, 0.4) is 0 Å². The van der Waals surface area contributed by atoms with Gasteiger partial charge in [0.15, 0.2) is 0 Å². The second-order valence-corrected chi connectivity index (χ2v) is 9.60. The molecule has 5 heteroatoms. The summed E-state index contributed by atoms with van der Waals surface area (Å²) in [4.78, 5) is 33.5. The Labute approximate surface area is 196 Å². The Kier molecular flexibility index (Phi) is 7.17. The third-order valence-electron chi connectivity index (χ3n) is 6.84. The van der Waals surface area contributed by atoms with Crippen molar-refractivity contribution in [3.8, 4) is 0 Å². The third-order valence-corrected chi connectivity index (χ3v) is 6.84. The highest BCUT2D eigenvalue weighted by Crippen LogP contribution is 2.29. The molecule has 0 radical (unpaired) electrons. The Morgan fingerprint density at radius 3 is 2.45 bits per heavy atom. The predicted octanol–water partition coefficient (Wildman–Crippen LogP) is 5.08. The lowest BCUT2D eigenvalue weighted by Crippen LogP contribution is -2.49. The maximum atomic E-state index is 13.5. The molecule has 3 aromatic rings. The molecule has 2 amide bonds. The van der Waals surface area contributed by atoms with Gasteiger partial charge >= 0.3 is 0 Å². The molecule has 0 unspecified atom stereocenters. The molecule has 1 N–H and O–H groups in total. The zero-order chi connectivity index (χ0) is 23.4. The number of nitrogens with one attached hydrogen (secondary N) is 1. The first-order valence-electron chi connectivity index (χ1n) is 12.1. The highest BCUT2D eigenvalue weighted by molar-refractivity contribution is 5.87. The van der Waals surface area contributed by atoms with Gasteiger partial charge in [-0.3, -0.25) is 9.59 Å². The van der Waals surface area contributed by atoms with Crippen molar-refractivity contribution >= 4 is 22.7 Å². The number of rotatable bonds is 9. The molecule has 174 valence electrons. The van der Waals surface area contributed by atoms with E-state index in [2.05, 4.69) is 48.3 Å². The molecule has 2 aromatic carbocycles. The average Bonchev–Trinajstić information content (AvgIpc) is 3.17. The molecule has 33 heavy (non-hydrogen) atoms. The average molecular weight is 446 g/mol. The van der Waals surface area contributed by atoms with Crippen molar-refractivity contribution in [2.75, 3.05) is 13.1 Å². The number of aromatic nitrogens is 1. The van der Waals surface area contributed by atoms with Gasteiger partial charge in [0.2, 0.25) is 11.8 Å². The van der Waals surface area contributed by atoms with Crippen LogP contribution in [-0.4, -0.2) is 45.7 Å². The van der Waals surface area contributed by atoms with Gasteiger partial charge in [-0.05, 0) is 57.2 Å². The summed E-state index contributed by atoms with van der Waals surface area (Å²) in [7, 11) is 0. The number of aryl methyl sites for hydroxylation is 1. The quantitative estimate of drug-likeness (QED) is 0.499. The maximum Gasteiger partial charge on any atom is 0.242 e. The third kappa shape index (κ3) is 5.47. The second-order valence-electron chi connectivity index (χ2n) is 9.60. The van der Waals surface area contributed by atoms with E-state index in [1.54, 1.807) is 4.90 Å². The maximum absolute atomic E-state index is 13.5. The van der Waals surface area contributed by atoms with E-state index in [0.717, 1.165) is 36.8 Å². The molecule has 0 saturated heterocycles. The molecule has 1 aliphatic rings. The zero-order valence-corrected chi connectivity index (χ0v) is 20.0. The van der Waals surface area contributed by atoms with Crippen molar-refractivity contribution in [3.05, 3.63) is 71.4 Å². The van der Waals surface area contributed by atoms with Gasteiger partial charge in [0.25, 0.3) is 0 Å². The molecular formula is C28H35N3O2. The number of amides is 2.